The molecule has 0 aromatic heterocycles. The number of benzene rings is 2. The molecule has 0 unspecified atom stereocenters. The van der Waals surface area contributed by atoms with Gasteiger partial charge < -0.3 is 30.4 Å². The Bertz CT molecular complexity index is 703. The number of amides is 1. The van der Waals surface area contributed by atoms with Crippen molar-refractivity contribution in [1.82, 2.24) is 0 Å². The van der Waals surface area contributed by atoms with Gasteiger partial charge in [0.25, 0.3) is 5.91 Å². The Morgan fingerprint density at radius 2 is 1.78 bits per heavy atom. The van der Waals surface area contributed by atoms with E-state index in [4.69, 9.17) is 25.1 Å². The minimum Gasteiger partial charge on any atom is -0.506 e. The number of carbonyl (C=O) groups is 1. The molecule has 0 saturated carbocycles. The van der Waals surface area contributed by atoms with E-state index in [1.807, 2.05) is 0 Å². The third kappa shape index (κ3) is 4.19. The largest absolute Gasteiger partial charge is 0.506 e. The second-order valence-corrected chi connectivity index (χ2v) is 4.62. The number of carbonyl (C=O) groups excluding carboxylic acids is 1. The Morgan fingerprint density at radius 3 is 2.43 bits per heavy atom. The monoisotopic (exact) mass is 318 g/mol. The van der Waals surface area contributed by atoms with Gasteiger partial charge in [-0.15, -0.1) is 0 Å². The molecule has 0 atom stereocenters. The first-order valence-electron chi connectivity index (χ1n) is 6.76. The molecule has 7 nitrogen and oxygen atoms in total. The average Bonchev–Trinajstić information content (AvgIpc) is 2.57. The molecule has 122 valence electrons. The highest BCUT2D eigenvalue weighted by atomic mass is 16.5. The van der Waals surface area contributed by atoms with E-state index in [9.17, 15) is 4.79 Å². The van der Waals surface area contributed by atoms with Crippen LogP contribution in [0.5, 0.6) is 23.0 Å². The summed E-state index contributed by atoms with van der Waals surface area (Å²) in [4.78, 5) is 10.9. The summed E-state index contributed by atoms with van der Waals surface area (Å²) in [6, 6.07) is 9.99. The molecule has 4 N–H and O–H groups in total. The number of methoxy groups -OCH3 is 2. The van der Waals surface area contributed by atoms with E-state index in [1.165, 1.54) is 6.07 Å². The van der Waals surface area contributed by atoms with Gasteiger partial charge >= 0.3 is 0 Å². The Balaban J connectivity index is 0.000000174. The van der Waals surface area contributed by atoms with Crippen molar-refractivity contribution in [2.45, 2.75) is 0 Å². The smallest absolute Gasteiger partial charge is 0.262 e. The van der Waals surface area contributed by atoms with E-state index in [0.717, 1.165) is 0 Å². The number of hydrogen-bond acceptors (Lipinski definition) is 6. The van der Waals surface area contributed by atoms with Crippen LogP contribution >= 0.6 is 0 Å². The van der Waals surface area contributed by atoms with Gasteiger partial charge in [0.15, 0.2) is 6.61 Å². The minimum atomic E-state index is -0.138. The lowest BCUT2D eigenvalue weighted by Gasteiger charge is -2.17. The first-order valence-corrected chi connectivity index (χ1v) is 6.76. The Kier molecular flexibility index (Phi) is 5.14. The number of nitrogens with two attached hydrogens (primary N) is 1. The molecule has 0 bridgehead atoms. The quantitative estimate of drug-likeness (QED) is 0.578. The molecule has 0 spiro atoms. The van der Waals surface area contributed by atoms with Crippen LogP contribution in [0, 0.1) is 0 Å². The number of nitrogen functional groups attached to an aromatic ring is 1. The molecule has 1 heterocycles. The van der Waals surface area contributed by atoms with E-state index >= 15 is 0 Å². The second kappa shape index (κ2) is 7.26. The zero-order valence-electron chi connectivity index (χ0n) is 12.8. The molecular weight excluding hydrogens is 300 g/mol. The number of aromatic hydroxyl groups is 1. The molecule has 0 saturated heterocycles. The molecular formula is C16H18N2O5. The first-order chi connectivity index (χ1) is 11.0. The van der Waals surface area contributed by atoms with Gasteiger partial charge in [-0.2, -0.15) is 0 Å². The van der Waals surface area contributed by atoms with Gasteiger partial charge in [0.1, 0.15) is 23.0 Å². The van der Waals surface area contributed by atoms with Crippen LogP contribution in [0.25, 0.3) is 0 Å². The van der Waals surface area contributed by atoms with Crippen molar-refractivity contribution in [2.75, 3.05) is 31.9 Å². The standard InChI is InChI=1S/C9H9NO3.C7H9NO2/c1-12-6-2-3-8-7(4-6)10-9(11)5-13-8;1-10-5-2-3-7(9)6(8)4-5/h2-4H,5H2,1H3,(H,10,11);2-4,9H,8H2,1H3. The highest BCUT2D eigenvalue weighted by molar-refractivity contribution is 5.95. The van der Waals surface area contributed by atoms with Crippen molar-refractivity contribution >= 4 is 17.3 Å². The summed E-state index contributed by atoms with van der Waals surface area (Å²) in [5, 5.41) is 11.6. The first kappa shape index (κ1) is 16.3. The number of rotatable bonds is 2. The predicted octanol–water partition coefficient (Wildman–Crippen LogP) is 2.01. The maximum absolute atomic E-state index is 10.9. The summed E-state index contributed by atoms with van der Waals surface area (Å²) in [5.41, 5.74) is 6.36. The SMILES string of the molecule is COc1ccc(O)c(N)c1.COc1ccc2c(c1)NC(=O)CO2. The van der Waals surface area contributed by atoms with Crippen molar-refractivity contribution in [3.8, 4) is 23.0 Å². The summed E-state index contributed by atoms with van der Waals surface area (Å²) < 4.78 is 15.0. The number of fused-ring (bicyclic) bond motifs is 1. The zero-order chi connectivity index (χ0) is 16.8. The topological polar surface area (TPSA) is 103 Å². The van der Waals surface area contributed by atoms with Crippen molar-refractivity contribution in [2.24, 2.45) is 0 Å². The fourth-order valence-corrected chi connectivity index (χ4v) is 1.85. The molecule has 0 radical (unpaired) electrons. The maximum Gasteiger partial charge on any atom is 0.262 e. The number of phenolic OH excluding ortho intramolecular Hbond substituents is 1. The lowest BCUT2D eigenvalue weighted by Crippen LogP contribution is -2.25. The predicted molar refractivity (Wildman–Crippen MR) is 86.2 cm³/mol. The molecule has 7 heteroatoms. The van der Waals surface area contributed by atoms with Crippen LogP contribution in [0.15, 0.2) is 36.4 Å². The van der Waals surface area contributed by atoms with Crippen molar-refractivity contribution in [1.29, 1.82) is 0 Å². The fourth-order valence-electron chi connectivity index (χ4n) is 1.85. The van der Waals surface area contributed by atoms with Gasteiger partial charge in [0.05, 0.1) is 25.6 Å². The highest BCUT2D eigenvalue weighted by Crippen LogP contribution is 2.31. The molecule has 1 aliphatic heterocycles. The van der Waals surface area contributed by atoms with E-state index in [1.54, 1.807) is 44.6 Å². The van der Waals surface area contributed by atoms with E-state index in [2.05, 4.69) is 5.32 Å². The number of hydrogen-bond donors (Lipinski definition) is 3. The zero-order valence-corrected chi connectivity index (χ0v) is 12.8. The van der Waals surface area contributed by atoms with Crippen molar-refractivity contribution in [3.05, 3.63) is 36.4 Å². The second-order valence-electron chi connectivity index (χ2n) is 4.62. The number of nitrogens with one attached hydrogen (secondary N) is 1. The van der Waals surface area contributed by atoms with Crippen molar-refractivity contribution in [3.63, 3.8) is 0 Å². The van der Waals surface area contributed by atoms with Gasteiger partial charge in [-0.1, -0.05) is 0 Å². The molecule has 2 aromatic carbocycles. The maximum atomic E-state index is 10.9. The fraction of sp³-hybridized carbons (Fsp3) is 0.188. The van der Waals surface area contributed by atoms with Crippen LogP contribution in [0.1, 0.15) is 0 Å². The molecule has 0 aliphatic carbocycles. The number of phenols is 1. The molecule has 0 fully saturated rings. The van der Waals surface area contributed by atoms with Crippen LogP contribution in [0.2, 0.25) is 0 Å². The third-order valence-electron chi connectivity index (χ3n) is 3.05. The van der Waals surface area contributed by atoms with E-state index < -0.39 is 0 Å². The van der Waals surface area contributed by atoms with Gasteiger partial charge in [-0.25, -0.2) is 0 Å². The summed E-state index contributed by atoms with van der Waals surface area (Å²) >= 11 is 0. The molecule has 3 rings (SSSR count). The third-order valence-corrected chi connectivity index (χ3v) is 3.05. The number of ether oxygens (including phenoxy) is 3. The normalized spacial score (nSPS) is 12.0. The van der Waals surface area contributed by atoms with Crippen LogP contribution in [0.4, 0.5) is 11.4 Å². The summed E-state index contributed by atoms with van der Waals surface area (Å²) in [6.07, 6.45) is 0. The van der Waals surface area contributed by atoms with Gasteiger partial charge in [-0.3, -0.25) is 4.79 Å². The molecule has 1 amide bonds. The molecule has 23 heavy (non-hydrogen) atoms. The average molecular weight is 318 g/mol. The lowest BCUT2D eigenvalue weighted by atomic mass is 10.2. The lowest BCUT2D eigenvalue weighted by molar-refractivity contribution is -0.118. The van der Waals surface area contributed by atoms with Gasteiger partial charge in [0.2, 0.25) is 0 Å². The Labute approximate surface area is 133 Å². The highest BCUT2D eigenvalue weighted by Gasteiger charge is 2.15. The van der Waals surface area contributed by atoms with E-state index in [-0.39, 0.29) is 18.3 Å². The van der Waals surface area contributed by atoms with Crippen LogP contribution in [0.3, 0.4) is 0 Å². The molecule has 1 aliphatic rings. The summed E-state index contributed by atoms with van der Waals surface area (Å²) in [7, 11) is 3.12. The van der Waals surface area contributed by atoms with E-state index in [0.29, 0.717) is 28.6 Å². The summed E-state index contributed by atoms with van der Waals surface area (Å²) in [6.45, 7) is 0.0827. The Morgan fingerprint density at radius 1 is 1.13 bits per heavy atom. The minimum absolute atomic E-state index is 0.0827. The van der Waals surface area contributed by atoms with Crippen molar-refractivity contribution < 1.29 is 24.1 Å². The van der Waals surface area contributed by atoms with Crippen LogP contribution < -0.4 is 25.3 Å². The molecule has 2 aromatic rings. The van der Waals surface area contributed by atoms with Gasteiger partial charge in [-0.05, 0) is 24.3 Å². The van der Waals surface area contributed by atoms with Crippen LogP contribution in [-0.2, 0) is 4.79 Å². The van der Waals surface area contributed by atoms with Gasteiger partial charge in [0, 0.05) is 12.1 Å². The Hall–Kier alpha value is -3.09. The number of anilines is 2. The van der Waals surface area contributed by atoms with Crippen LogP contribution in [-0.4, -0.2) is 31.8 Å². The summed E-state index contributed by atoms with van der Waals surface area (Å²) in [5.74, 6) is 1.97.